The van der Waals surface area contributed by atoms with Gasteiger partial charge in [0.2, 0.25) is 5.91 Å². The van der Waals surface area contributed by atoms with Gasteiger partial charge in [-0.25, -0.2) is 0 Å². The number of rotatable bonds is 42. The average molecular weight is 842 g/mol. The Bertz CT molecular complexity index is 952. The molecule has 10 nitrogen and oxygen atoms in total. The summed E-state index contributed by atoms with van der Waals surface area (Å²) < 4.78 is 11.2. The van der Waals surface area contributed by atoms with E-state index < -0.39 is 61.5 Å². The first-order valence-electron chi connectivity index (χ1n) is 25.0. The Hall–Kier alpha value is -1.11. The molecule has 0 saturated carbocycles. The molecule has 0 aromatic rings. The maximum Gasteiger partial charge on any atom is 0.249 e. The molecule has 0 aromatic carbocycles. The highest BCUT2D eigenvalue weighted by atomic mass is 16.7. The predicted octanol–water partition coefficient (Wildman–Crippen LogP) is 9.87. The van der Waals surface area contributed by atoms with Crippen molar-refractivity contribution < 1.29 is 44.9 Å². The average Bonchev–Trinajstić information content (AvgIpc) is 3.23. The number of allylic oxidation sites excluding steroid dienone is 2. The molecular weight excluding hydrogens is 747 g/mol. The number of unbranched alkanes of at least 4 members (excludes halogenated alkanes) is 29. The van der Waals surface area contributed by atoms with Crippen LogP contribution >= 0.6 is 0 Å². The summed E-state index contributed by atoms with van der Waals surface area (Å²) in [5.74, 6) is -0.586. The highest BCUT2D eigenvalue weighted by molar-refractivity contribution is 5.80. The molecule has 0 aromatic heterocycles. The molecule has 59 heavy (non-hydrogen) atoms. The summed E-state index contributed by atoms with van der Waals surface area (Å²) in [6.07, 6.45) is 35.6. The minimum absolute atomic E-state index is 0.254. The van der Waals surface area contributed by atoms with Crippen LogP contribution in [0.3, 0.4) is 0 Å². The SMILES string of the molecule is CCCCCCCCCCCCCC/C=C\CCCCCCCCCC(O)C(=O)NC(COC1OC(CO)C(O)C(O)C1O)C(O)CCCCCCCCCCCCC. The largest absolute Gasteiger partial charge is 0.394 e. The second-order valence-corrected chi connectivity index (χ2v) is 17.8. The van der Waals surface area contributed by atoms with Gasteiger partial charge in [0.15, 0.2) is 6.29 Å². The number of aliphatic hydroxyl groups is 6. The summed E-state index contributed by atoms with van der Waals surface area (Å²) in [6.45, 7) is 3.67. The molecule has 1 fully saturated rings. The zero-order valence-electron chi connectivity index (χ0n) is 38.1. The van der Waals surface area contributed by atoms with Crippen LogP contribution in [0.2, 0.25) is 0 Å². The first kappa shape index (κ1) is 55.9. The number of carbonyl (C=O) groups is 1. The second-order valence-electron chi connectivity index (χ2n) is 17.8. The fourth-order valence-corrected chi connectivity index (χ4v) is 8.10. The third kappa shape index (κ3) is 29.8. The quantitative estimate of drug-likeness (QED) is 0.0234. The van der Waals surface area contributed by atoms with Gasteiger partial charge in [0.1, 0.15) is 30.5 Å². The van der Waals surface area contributed by atoms with Crippen molar-refractivity contribution in [1.29, 1.82) is 0 Å². The lowest BCUT2D eigenvalue weighted by Gasteiger charge is -2.40. The van der Waals surface area contributed by atoms with Crippen molar-refractivity contribution in [3.05, 3.63) is 12.2 Å². The lowest BCUT2D eigenvalue weighted by atomic mass is 9.99. The van der Waals surface area contributed by atoms with Crippen LogP contribution in [0.15, 0.2) is 12.2 Å². The van der Waals surface area contributed by atoms with Crippen LogP contribution in [0, 0.1) is 0 Å². The van der Waals surface area contributed by atoms with E-state index in [0.717, 1.165) is 57.8 Å². The van der Waals surface area contributed by atoms with Crippen LogP contribution < -0.4 is 5.32 Å². The number of hydrogen-bond donors (Lipinski definition) is 7. The van der Waals surface area contributed by atoms with Crippen LogP contribution in [0.25, 0.3) is 0 Å². The lowest BCUT2D eigenvalue weighted by molar-refractivity contribution is -0.302. The molecule has 1 amide bonds. The van der Waals surface area contributed by atoms with Gasteiger partial charge in [0, 0.05) is 0 Å². The molecule has 0 spiro atoms. The van der Waals surface area contributed by atoms with E-state index >= 15 is 0 Å². The van der Waals surface area contributed by atoms with Crippen molar-refractivity contribution >= 4 is 5.91 Å². The number of aliphatic hydroxyl groups excluding tert-OH is 6. The Labute approximate surface area is 361 Å². The van der Waals surface area contributed by atoms with Crippen LogP contribution in [-0.2, 0) is 14.3 Å². The minimum Gasteiger partial charge on any atom is -0.394 e. The number of amides is 1. The molecule has 0 aliphatic carbocycles. The van der Waals surface area contributed by atoms with Crippen molar-refractivity contribution in [2.45, 2.75) is 281 Å². The van der Waals surface area contributed by atoms with Crippen molar-refractivity contribution in [2.75, 3.05) is 13.2 Å². The first-order valence-corrected chi connectivity index (χ1v) is 25.0. The Balaban J connectivity index is 2.27. The minimum atomic E-state index is -1.59. The third-order valence-corrected chi connectivity index (χ3v) is 12.2. The van der Waals surface area contributed by atoms with E-state index in [0.29, 0.717) is 12.8 Å². The zero-order valence-corrected chi connectivity index (χ0v) is 38.1. The van der Waals surface area contributed by atoms with Crippen molar-refractivity contribution in [3.8, 4) is 0 Å². The van der Waals surface area contributed by atoms with Crippen LogP contribution in [0.4, 0.5) is 0 Å². The third-order valence-electron chi connectivity index (χ3n) is 12.2. The molecule has 1 heterocycles. The van der Waals surface area contributed by atoms with Crippen molar-refractivity contribution in [1.82, 2.24) is 5.32 Å². The predicted molar refractivity (Wildman–Crippen MR) is 241 cm³/mol. The Kier molecular flexibility index (Phi) is 37.6. The smallest absolute Gasteiger partial charge is 0.249 e. The number of hydrogen-bond acceptors (Lipinski definition) is 9. The standard InChI is InChI=1S/C49H95NO9/c1-3-5-7-9-11-13-15-16-17-18-19-20-21-22-23-24-25-26-28-30-32-34-36-38-43(53)48(57)50-41(40-58-49-47(56)46(55)45(54)44(39-51)59-49)42(52)37-35-33-31-29-27-14-12-10-8-6-4-2/h22-23,41-47,49,51-56H,3-21,24-40H2,1-2H3,(H,50,57)/b23-22-. The van der Waals surface area contributed by atoms with Gasteiger partial charge >= 0.3 is 0 Å². The fourth-order valence-electron chi connectivity index (χ4n) is 8.10. The second kappa shape index (κ2) is 39.7. The van der Waals surface area contributed by atoms with Gasteiger partial charge in [-0.15, -0.1) is 0 Å². The van der Waals surface area contributed by atoms with E-state index in [9.17, 15) is 35.4 Å². The molecule has 10 heteroatoms. The highest BCUT2D eigenvalue weighted by Crippen LogP contribution is 2.23. The van der Waals surface area contributed by atoms with Gasteiger partial charge in [-0.2, -0.15) is 0 Å². The van der Waals surface area contributed by atoms with Gasteiger partial charge in [0.05, 0.1) is 25.4 Å². The highest BCUT2D eigenvalue weighted by Gasteiger charge is 2.44. The summed E-state index contributed by atoms with van der Waals surface area (Å²) in [5.41, 5.74) is 0. The van der Waals surface area contributed by atoms with Gasteiger partial charge in [0.25, 0.3) is 0 Å². The summed E-state index contributed by atoms with van der Waals surface area (Å²) in [6, 6.07) is -0.892. The van der Waals surface area contributed by atoms with E-state index in [1.54, 1.807) is 0 Å². The normalized spacial score (nSPS) is 21.3. The summed E-state index contributed by atoms with van der Waals surface area (Å²) in [7, 11) is 0. The molecule has 350 valence electrons. The first-order chi connectivity index (χ1) is 28.8. The molecule has 0 radical (unpaired) electrons. The van der Waals surface area contributed by atoms with Crippen LogP contribution in [0.5, 0.6) is 0 Å². The molecule has 1 aliphatic heterocycles. The van der Waals surface area contributed by atoms with E-state index in [1.165, 1.54) is 148 Å². The zero-order chi connectivity index (χ0) is 43.2. The molecule has 1 aliphatic rings. The number of ether oxygens (including phenoxy) is 2. The van der Waals surface area contributed by atoms with Crippen LogP contribution in [-0.4, -0.2) is 98.7 Å². The Morgan fingerprint density at radius 3 is 1.37 bits per heavy atom. The number of carbonyl (C=O) groups excluding carboxylic acids is 1. The molecule has 1 saturated heterocycles. The molecule has 0 bridgehead atoms. The number of nitrogens with one attached hydrogen (secondary N) is 1. The summed E-state index contributed by atoms with van der Waals surface area (Å²) in [4.78, 5) is 13.1. The maximum absolute atomic E-state index is 13.1. The lowest BCUT2D eigenvalue weighted by Crippen LogP contribution is -2.60. The van der Waals surface area contributed by atoms with Crippen molar-refractivity contribution in [3.63, 3.8) is 0 Å². The molecule has 7 N–H and O–H groups in total. The van der Waals surface area contributed by atoms with Gasteiger partial charge in [-0.05, 0) is 38.5 Å². The van der Waals surface area contributed by atoms with Gasteiger partial charge in [-0.3, -0.25) is 4.79 Å². The van der Waals surface area contributed by atoms with E-state index in [4.69, 9.17) is 9.47 Å². The molecule has 1 rings (SSSR count). The fraction of sp³-hybridized carbons (Fsp3) is 0.939. The Morgan fingerprint density at radius 2 is 0.949 bits per heavy atom. The molecule has 8 unspecified atom stereocenters. The maximum atomic E-state index is 13.1. The van der Waals surface area contributed by atoms with Gasteiger partial charge < -0.3 is 45.4 Å². The van der Waals surface area contributed by atoms with Crippen LogP contribution in [0.1, 0.15) is 232 Å². The van der Waals surface area contributed by atoms with E-state index in [1.807, 2.05) is 0 Å². The van der Waals surface area contributed by atoms with E-state index in [2.05, 4.69) is 31.3 Å². The monoisotopic (exact) mass is 842 g/mol. The molecule has 8 atom stereocenters. The topological polar surface area (TPSA) is 169 Å². The summed E-state index contributed by atoms with van der Waals surface area (Å²) in [5, 5.41) is 64.8. The summed E-state index contributed by atoms with van der Waals surface area (Å²) >= 11 is 0. The molecular formula is C49H95NO9. The Morgan fingerprint density at radius 1 is 0.559 bits per heavy atom. The van der Waals surface area contributed by atoms with Crippen molar-refractivity contribution in [2.24, 2.45) is 0 Å². The van der Waals surface area contributed by atoms with Gasteiger partial charge in [-0.1, -0.05) is 206 Å². The van der Waals surface area contributed by atoms with E-state index in [-0.39, 0.29) is 6.61 Å².